The van der Waals surface area contributed by atoms with Crippen molar-refractivity contribution >= 4 is 45.0 Å². The van der Waals surface area contributed by atoms with Crippen molar-refractivity contribution in [3.05, 3.63) is 57.5 Å². The lowest BCUT2D eigenvalue weighted by atomic mass is 10.1. The Balaban J connectivity index is 1.57. The summed E-state index contributed by atoms with van der Waals surface area (Å²) in [7, 11) is 0. The van der Waals surface area contributed by atoms with Crippen LogP contribution in [0.4, 0.5) is 5.69 Å². The number of hydrogen-bond donors (Lipinski definition) is 2. The van der Waals surface area contributed by atoms with E-state index in [0.29, 0.717) is 33.0 Å². The molecule has 2 N–H and O–H groups in total. The summed E-state index contributed by atoms with van der Waals surface area (Å²) >= 11 is 9.23. The number of halogens is 2. The summed E-state index contributed by atoms with van der Waals surface area (Å²) in [6.07, 6.45) is 2.00. The number of nitrogens with one attached hydrogen (secondary N) is 2. The van der Waals surface area contributed by atoms with E-state index in [1.807, 2.05) is 0 Å². The normalized spacial score (nSPS) is 15.9. The van der Waals surface area contributed by atoms with Gasteiger partial charge in [-0.2, -0.15) is 0 Å². The fraction of sp³-hybridized carbons (Fsp3) is 0.300. The maximum atomic E-state index is 12.5. The van der Waals surface area contributed by atoms with Crippen molar-refractivity contribution in [3.63, 3.8) is 0 Å². The Bertz CT molecular complexity index is 856. The number of hydrogen-bond acceptors (Lipinski definition) is 4. The maximum Gasteiger partial charge on any atom is 0.262 e. The zero-order chi connectivity index (χ0) is 19.9. The maximum absolute atomic E-state index is 12.5. The molecule has 2 amide bonds. The Hall–Kier alpha value is -2.09. The van der Waals surface area contributed by atoms with E-state index in [9.17, 15) is 9.59 Å². The average Bonchev–Trinajstić information content (AvgIpc) is 3.19. The molecular formula is C20H20BrClN2O4. The number of ether oxygens (including phenoxy) is 2. The van der Waals surface area contributed by atoms with Crippen LogP contribution in [0, 0.1) is 0 Å². The highest BCUT2D eigenvalue weighted by molar-refractivity contribution is 9.10. The first-order valence-corrected chi connectivity index (χ1v) is 10.1. The summed E-state index contributed by atoms with van der Waals surface area (Å²) < 4.78 is 11.7. The minimum atomic E-state index is -0.374. The number of rotatable bonds is 7. The Morgan fingerprint density at radius 1 is 1.25 bits per heavy atom. The van der Waals surface area contributed by atoms with Crippen molar-refractivity contribution in [2.75, 3.05) is 25.1 Å². The molecule has 28 heavy (non-hydrogen) atoms. The lowest BCUT2D eigenvalue weighted by Gasteiger charge is -2.14. The van der Waals surface area contributed by atoms with Crippen LogP contribution >= 0.6 is 27.5 Å². The summed E-state index contributed by atoms with van der Waals surface area (Å²) in [6.45, 7) is 0.984. The van der Waals surface area contributed by atoms with Gasteiger partial charge in [0.15, 0.2) is 6.61 Å². The summed E-state index contributed by atoms with van der Waals surface area (Å²) in [5, 5.41) is 6.14. The first kappa shape index (κ1) is 20.6. The van der Waals surface area contributed by atoms with Crippen molar-refractivity contribution < 1.29 is 19.1 Å². The number of carbonyl (C=O) groups is 2. The second kappa shape index (κ2) is 9.91. The quantitative estimate of drug-likeness (QED) is 0.645. The van der Waals surface area contributed by atoms with Gasteiger partial charge in [-0.25, -0.2) is 0 Å². The standard InChI is InChI=1S/C20H20BrClN2O4/c21-16-10-13(22)7-8-18(16)28-12-19(25)24-17-6-2-1-5-15(17)20(26)23-11-14-4-3-9-27-14/h1-2,5-8,10,14H,3-4,9,11-12H2,(H,23,26)(H,24,25)/t14-/m1/s1. The van der Waals surface area contributed by atoms with Crippen LogP contribution in [0.3, 0.4) is 0 Å². The van der Waals surface area contributed by atoms with Crippen molar-refractivity contribution in [2.45, 2.75) is 18.9 Å². The van der Waals surface area contributed by atoms with Crippen LogP contribution in [-0.2, 0) is 9.53 Å². The number of carbonyl (C=O) groups excluding carboxylic acids is 2. The van der Waals surface area contributed by atoms with Gasteiger partial charge >= 0.3 is 0 Å². The lowest BCUT2D eigenvalue weighted by molar-refractivity contribution is -0.118. The van der Waals surface area contributed by atoms with E-state index in [1.54, 1.807) is 42.5 Å². The summed E-state index contributed by atoms with van der Waals surface area (Å²) in [6, 6.07) is 11.9. The van der Waals surface area contributed by atoms with Gasteiger partial charge in [0.1, 0.15) is 5.75 Å². The molecule has 3 rings (SSSR count). The molecule has 148 valence electrons. The number of amides is 2. The van der Waals surface area contributed by atoms with Crippen LogP contribution in [0.1, 0.15) is 23.2 Å². The largest absolute Gasteiger partial charge is 0.483 e. The average molecular weight is 468 g/mol. The molecule has 6 nitrogen and oxygen atoms in total. The van der Waals surface area contributed by atoms with Crippen LogP contribution < -0.4 is 15.4 Å². The second-order valence-electron chi connectivity index (χ2n) is 6.30. The fourth-order valence-electron chi connectivity index (χ4n) is 2.82. The fourth-order valence-corrected chi connectivity index (χ4v) is 3.62. The molecule has 0 unspecified atom stereocenters. The van der Waals surface area contributed by atoms with Crippen LogP contribution in [0.15, 0.2) is 46.9 Å². The number of para-hydroxylation sites is 1. The predicted molar refractivity (Wildman–Crippen MR) is 111 cm³/mol. The third kappa shape index (κ3) is 5.70. The first-order valence-electron chi connectivity index (χ1n) is 8.89. The third-order valence-electron chi connectivity index (χ3n) is 4.21. The predicted octanol–water partition coefficient (Wildman–Crippen LogP) is 4.03. The minimum Gasteiger partial charge on any atom is -0.483 e. The van der Waals surface area contributed by atoms with E-state index in [-0.39, 0.29) is 24.5 Å². The van der Waals surface area contributed by atoms with Gasteiger partial charge < -0.3 is 20.1 Å². The monoisotopic (exact) mass is 466 g/mol. The van der Waals surface area contributed by atoms with E-state index in [0.717, 1.165) is 19.4 Å². The van der Waals surface area contributed by atoms with Crippen LogP contribution in [0.5, 0.6) is 5.75 Å². The topological polar surface area (TPSA) is 76.7 Å². The van der Waals surface area contributed by atoms with E-state index in [2.05, 4.69) is 26.6 Å². The molecule has 0 aromatic heterocycles. The SMILES string of the molecule is O=C(COc1ccc(Cl)cc1Br)Nc1ccccc1C(=O)NC[C@H]1CCCO1. The molecule has 2 aromatic rings. The van der Waals surface area contributed by atoms with Gasteiger partial charge in [0, 0.05) is 18.2 Å². The zero-order valence-electron chi connectivity index (χ0n) is 15.0. The van der Waals surface area contributed by atoms with E-state index in [4.69, 9.17) is 21.1 Å². The molecule has 0 spiro atoms. The van der Waals surface area contributed by atoms with Crippen molar-refractivity contribution in [2.24, 2.45) is 0 Å². The van der Waals surface area contributed by atoms with Crippen molar-refractivity contribution in [1.82, 2.24) is 5.32 Å². The van der Waals surface area contributed by atoms with Crippen molar-refractivity contribution in [3.8, 4) is 5.75 Å². The molecule has 1 aliphatic rings. The highest BCUT2D eigenvalue weighted by atomic mass is 79.9. The number of benzene rings is 2. The molecule has 1 heterocycles. The molecule has 1 fully saturated rings. The molecule has 1 atom stereocenters. The van der Waals surface area contributed by atoms with Crippen molar-refractivity contribution in [1.29, 1.82) is 0 Å². The van der Waals surface area contributed by atoms with Gasteiger partial charge in [-0.1, -0.05) is 23.7 Å². The Morgan fingerprint density at radius 3 is 2.82 bits per heavy atom. The zero-order valence-corrected chi connectivity index (χ0v) is 17.4. The van der Waals surface area contributed by atoms with Gasteiger partial charge in [0.2, 0.25) is 0 Å². The Morgan fingerprint density at radius 2 is 2.07 bits per heavy atom. The highest BCUT2D eigenvalue weighted by Crippen LogP contribution is 2.28. The molecule has 1 saturated heterocycles. The third-order valence-corrected chi connectivity index (χ3v) is 5.07. The minimum absolute atomic E-state index is 0.0527. The lowest BCUT2D eigenvalue weighted by Crippen LogP contribution is -2.32. The molecule has 0 bridgehead atoms. The van der Waals surface area contributed by atoms with E-state index in [1.165, 1.54) is 0 Å². The molecule has 0 saturated carbocycles. The van der Waals surface area contributed by atoms with Gasteiger partial charge in [-0.05, 0) is 59.1 Å². The van der Waals surface area contributed by atoms with Crippen LogP contribution in [-0.4, -0.2) is 37.7 Å². The van der Waals surface area contributed by atoms with Gasteiger partial charge in [0.25, 0.3) is 11.8 Å². The first-order chi connectivity index (χ1) is 13.5. The van der Waals surface area contributed by atoms with Gasteiger partial charge in [-0.15, -0.1) is 0 Å². The molecule has 1 aliphatic heterocycles. The Kier molecular flexibility index (Phi) is 7.30. The molecule has 2 aromatic carbocycles. The second-order valence-corrected chi connectivity index (χ2v) is 7.59. The summed E-state index contributed by atoms with van der Waals surface area (Å²) in [5.41, 5.74) is 0.817. The molecule has 8 heteroatoms. The molecule has 0 aliphatic carbocycles. The smallest absolute Gasteiger partial charge is 0.262 e. The van der Waals surface area contributed by atoms with E-state index >= 15 is 0 Å². The van der Waals surface area contributed by atoms with Crippen LogP contribution in [0.2, 0.25) is 5.02 Å². The van der Waals surface area contributed by atoms with Crippen LogP contribution in [0.25, 0.3) is 0 Å². The van der Waals surface area contributed by atoms with E-state index < -0.39 is 0 Å². The van der Waals surface area contributed by atoms with Gasteiger partial charge in [0.05, 0.1) is 21.8 Å². The Labute approximate surface area is 176 Å². The summed E-state index contributed by atoms with van der Waals surface area (Å²) in [4.78, 5) is 24.8. The molecule has 0 radical (unpaired) electrons. The highest BCUT2D eigenvalue weighted by Gasteiger charge is 2.18. The summed E-state index contributed by atoms with van der Waals surface area (Å²) in [5.74, 6) is -0.129. The number of anilines is 1. The van der Waals surface area contributed by atoms with Gasteiger partial charge in [-0.3, -0.25) is 9.59 Å². The molecular weight excluding hydrogens is 448 g/mol.